The molecule has 4 heteroatoms. The van der Waals surface area contributed by atoms with Crippen molar-refractivity contribution >= 4 is 5.91 Å². The zero-order valence-electron chi connectivity index (χ0n) is 11.9. The quantitative estimate of drug-likeness (QED) is 0.773. The molecule has 3 unspecified atom stereocenters. The van der Waals surface area contributed by atoms with E-state index in [4.69, 9.17) is 0 Å². The first-order valence-corrected chi connectivity index (χ1v) is 6.66. The van der Waals surface area contributed by atoms with Gasteiger partial charge in [0.2, 0.25) is 5.91 Å². The van der Waals surface area contributed by atoms with Crippen LogP contribution in [0.15, 0.2) is 0 Å². The summed E-state index contributed by atoms with van der Waals surface area (Å²) < 4.78 is 0. The highest BCUT2D eigenvalue weighted by molar-refractivity contribution is 5.82. The molecule has 0 aromatic rings. The van der Waals surface area contributed by atoms with Gasteiger partial charge in [-0.05, 0) is 46.8 Å². The van der Waals surface area contributed by atoms with E-state index in [1.807, 2.05) is 19.0 Å². The van der Waals surface area contributed by atoms with E-state index in [2.05, 4.69) is 31.0 Å². The number of nitrogens with one attached hydrogen (secondary N) is 1. The lowest BCUT2D eigenvalue weighted by Crippen LogP contribution is -2.51. The maximum absolute atomic E-state index is 12.5. The lowest BCUT2D eigenvalue weighted by atomic mass is 10.0. The van der Waals surface area contributed by atoms with E-state index in [9.17, 15) is 4.79 Å². The van der Waals surface area contributed by atoms with Crippen molar-refractivity contribution in [2.75, 3.05) is 33.7 Å². The smallest absolute Gasteiger partial charge is 0.240 e. The Bertz CT molecular complexity index is 255. The largest absolute Gasteiger partial charge is 0.338 e. The number of hydrogen-bond donors (Lipinski definition) is 1. The second kappa shape index (κ2) is 6.36. The average molecular weight is 241 g/mol. The van der Waals surface area contributed by atoms with Crippen molar-refractivity contribution < 1.29 is 4.79 Å². The molecule has 3 atom stereocenters. The Kier molecular flexibility index (Phi) is 5.40. The molecule has 1 N–H and O–H groups in total. The minimum Gasteiger partial charge on any atom is -0.338 e. The van der Waals surface area contributed by atoms with Crippen LogP contribution in [0, 0.1) is 5.92 Å². The topological polar surface area (TPSA) is 35.6 Å². The van der Waals surface area contributed by atoms with Crippen molar-refractivity contribution in [1.29, 1.82) is 0 Å². The first-order valence-electron chi connectivity index (χ1n) is 6.66. The number of amides is 1. The van der Waals surface area contributed by atoms with Gasteiger partial charge in [-0.3, -0.25) is 4.79 Å². The number of hydrogen-bond acceptors (Lipinski definition) is 3. The van der Waals surface area contributed by atoms with E-state index < -0.39 is 0 Å². The van der Waals surface area contributed by atoms with Gasteiger partial charge in [0.1, 0.15) is 0 Å². The van der Waals surface area contributed by atoms with Gasteiger partial charge in [0.15, 0.2) is 0 Å². The molecular weight excluding hydrogens is 214 g/mol. The molecule has 1 saturated heterocycles. The zero-order valence-corrected chi connectivity index (χ0v) is 11.9. The van der Waals surface area contributed by atoms with Crippen LogP contribution in [0.1, 0.15) is 27.2 Å². The molecule has 0 aromatic carbocycles. The molecule has 100 valence electrons. The first kappa shape index (κ1) is 14.5. The van der Waals surface area contributed by atoms with Gasteiger partial charge in [-0.1, -0.05) is 6.92 Å². The maximum Gasteiger partial charge on any atom is 0.240 e. The predicted molar refractivity (Wildman–Crippen MR) is 71.0 cm³/mol. The van der Waals surface area contributed by atoms with Crippen LogP contribution in [-0.4, -0.2) is 61.5 Å². The fourth-order valence-corrected chi connectivity index (χ4v) is 2.66. The van der Waals surface area contributed by atoms with Gasteiger partial charge in [0.05, 0.1) is 6.04 Å². The highest BCUT2D eigenvalue weighted by Crippen LogP contribution is 2.17. The molecule has 17 heavy (non-hydrogen) atoms. The van der Waals surface area contributed by atoms with Gasteiger partial charge < -0.3 is 15.1 Å². The van der Waals surface area contributed by atoms with Gasteiger partial charge >= 0.3 is 0 Å². The summed E-state index contributed by atoms with van der Waals surface area (Å²) in [6, 6.07) is 0.302. The number of rotatable bonds is 5. The van der Waals surface area contributed by atoms with Gasteiger partial charge in [0, 0.05) is 19.1 Å². The third-order valence-corrected chi connectivity index (χ3v) is 3.58. The summed E-state index contributed by atoms with van der Waals surface area (Å²) in [6.45, 7) is 9.02. The van der Waals surface area contributed by atoms with E-state index in [0.29, 0.717) is 5.92 Å². The van der Waals surface area contributed by atoms with E-state index in [1.54, 1.807) is 0 Å². The lowest BCUT2D eigenvalue weighted by Gasteiger charge is -2.33. The molecule has 1 heterocycles. The molecule has 1 aliphatic rings. The van der Waals surface area contributed by atoms with Crippen molar-refractivity contribution in [3.63, 3.8) is 0 Å². The Morgan fingerprint density at radius 1 is 1.47 bits per heavy atom. The molecular formula is C13H27N3O. The summed E-state index contributed by atoms with van der Waals surface area (Å²) in [5.74, 6) is 0.731. The second-order valence-corrected chi connectivity index (χ2v) is 5.43. The molecule has 4 nitrogen and oxygen atoms in total. The normalized spacial score (nSPS) is 26.2. The van der Waals surface area contributed by atoms with Crippen LogP contribution in [-0.2, 0) is 4.79 Å². The van der Waals surface area contributed by atoms with Crippen LogP contribution in [0.4, 0.5) is 0 Å². The Morgan fingerprint density at radius 3 is 2.53 bits per heavy atom. The highest BCUT2D eigenvalue weighted by atomic mass is 16.2. The average Bonchev–Trinajstić information content (AvgIpc) is 2.64. The maximum atomic E-state index is 12.5. The van der Waals surface area contributed by atoms with Crippen molar-refractivity contribution in [3.05, 3.63) is 0 Å². The van der Waals surface area contributed by atoms with Gasteiger partial charge in [-0.25, -0.2) is 0 Å². The number of carbonyl (C=O) groups is 1. The summed E-state index contributed by atoms with van der Waals surface area (Å²) in [7, 11) is 4.09. The fraction of sp³-hybridized carbons (Fsp3) is 0.923. The van der Waals surface area contributed by atoms with E-state index in [0.717, 1.165) is 26.1 Å². The number of likely N-dealkylation sites (N-methyl/N-ethyl adjacent to an activating group) is 2. The minimum absolute atomic E-state index is 0.0274. The van der Waals surface area contributed by atoms with Gasteiger partial charge in [0.25, 0.3) is 0 Å². The standard InChI is InChI=1S/C13H27N3O/c1-6-16(11(3)9-15(4)5)13(17)12-10(2)7-8-14-12/h10-12,14H,6-9H2,1-5H3. The SMILES string of the molecule is CCN(C(=O)C1NCCC1C)C(C)CN(C)C. The molecule has 1 aliphatic heterocycles. The van der Waals surface area contributed by atoms with Crippen molar-refractivity contribution in [1.82, 2.24) is 15.1 Å². The first-order chi connectivity index (χ1) is 7.97. The molecule has 0 bridgehead atoms. The Labute approximate surface area is 105 Å². The molecule has 1 rings (SSSR count). The lowest BCUT2D eigenvalue weighted by molar-refractivity contribution is -0.136. The molecule has 0 aromatic heterocycles. The van der Waals surface area contributed by atoms with E-state index in [-0.39, 0.29) is 18.0 Å². The third-order valence-electron chi connectivity index (χ3n) is 3.58. The summed E-state index contributed by atoms with van der Waals surface area (Å²) in [5, 5.41) is 3.32. The van der Waals surface area contributed by atoms with Crippen LogP contribution in [0.3, 0.4) is 0 Å². The summed E-state index contributed by atoms with van der Waals surface area (Å²) in [6.07, 6.45) is 1.11. The number of carbonyl (C=O) groups excluding carboxylic acids is 1. The molecule has 1 amide bonds. The predicted octanol–water partition coefficient (Wildman–Crippen LogP) is 0.783. The monoisotopic (exact) mass is 241 g/mol. The fourth-order valence-electron chi connectivity index (χ4n) is 2.66. The molecule has 0 aliphatic carbocycles. The van der Waals surface area contributed by atoms with Crippen molar-refractivity contribution in [2.45, 2.75) is 39.3 Å². The van der Waals surface area contributed by atoms with Crippen LogP contribution in [0.25, 0.3) is 0 Å². The summed E-state index contributed by atoms with van der Waals surface area (Å²) in [5.41, 5.74) is 0. The molecule has 0 spiro atoms. The van der Waals surface area contributed by atoms with Gasteiger partial charge in [-0.2, -0.15) is 0 Å². The summed E-state index contributed by atoms with van der Waals surface area (Å²) >= 11 is 0. The van der Waals surface area contributed by atoms with E-state index in [1.165, 1.54) is 0 Å². The van der Waals surface area contributed by atoms with Crippen LogP contribution in [0.2, 0.25) is 0 Å². The molecule has 0 radical (unpaired) electrons. The minimum atomic E-state index is 0.0274. The van der Waals surface area contributed by atoms with Crippen LogP contribution >= 0.6 is 0 Å². The van der Waals surface area contributed by atoms with Crippen molar-refractivity contribution in [2.24, 2.45) is 5.92 Å². The second-order valence-electron chi connectivity index (χ2n) is 5.43. The van der Waals surface area contributed by atoms with Crippen LogP contribution in [0.5, 0.6) is 0 Å². The third kappa shape index (κ3) is 3.68. The molecule has 0 saturated carbocycles. The Hall–Kier alpha value is -0.610. The van der Waals surface area contributed by atoms with Gasteiger partial charge in [-0.15, -0.1) is 0 Å². The zero-order chi connectivity index (χ0) is 13.0. The highest BCUT2D eigenvalue weighted by Gasteiger charge is 2.33. The molecule has 1 fully saturated rings. The number of nitrogens with zero attached hydrogens (tertiary/aromatic N) is 2. The van der Waals surface area contributed by atoms with Crippen LogP contribution < -0.4 is 5.32 Å². The summed E-state index contributed by atoms with van der Waals surface area (Å²) in [4.78, 5) is 16.6. The van der Waals surface area contributed by atoms with Crippen molar-refractivity contribution in [3.8, 4) is 0 Å². The Morgan fingerprint density at radius 2 is 2.12 bits per heavy atom. The van der Waals surface area contributed by atoms with E-state index >= 15 is 0 Å². The Balaban J connectivity index is 2.62.